The molecule has 168 valence electrons. The summed E-state index contributed by atoms with van der Waals surface area (Å²) in [6, 6.07) is 12.7. The Balaban J connectivity index is 1.56. The molecule has 1 aliphatic rings. The minimum absolute atomic E-state index is 0.0380. The summed E-state index contributed by atoms with van der Waals surface area (Å²) in [5, 5.41) is 1.16. The highest BCUT2D eigenvalue weighted by atomic mass is 35.5. The molecule has 1 aliphatic heterocycles. The van der Waals surface area contributed by atoms with Crippen molar-refractivity contribution in [2.75, 3.05) is 6.61 Å². The number of benzene rings is 2. The second-order valence-electron chi connectivity index (χ2n) is 8.00. The van der Waals surface area contributed by atoms with E-state index in [9.17, 15) is 14.0 Å². The van der Waals surface area contributed by atoms with Crippen molar-refractivity contribution in [2.24, 2.45) is 5.73 Å². The lowest BCUT2D eigenvalue weighted by molar-refractivity contribution is -0.124. The Morgan fingerprint density at radius 1 is 1.21 bits per heavy atom. The number of H-pyrrole nitrogens is 1. The highest BCUT2D eigenvalue weighted by Crippen LogP contribution is 2.36. The summed E-state index contributed by atoms with van der Waals surface area (Å²) in [6.07, 6.45) is 3.41. The van der Waals surface area contributed by atoms with Crippen molar-refractivity contribution in [2.45, 2.75) is 19.1 Å². The van der Waals surface area contributed by atoms with Crippen molar-refractivity contribution in [3.8, 4) is 11.4 Å². The number of hydrogen-bond donors (Lipinski definition) is 2. The van der Waals surface area contributed by atoms with E-state index in [1.54, 1.807) is 24.4 Å². The van der Waals surface area contributed by atoms with Crippen LogP contribution in [0.1, 0.15) is 11.1 Å². The predicted octanol–water partition coefficient (Wildman–Crippen LogP) is 3.36. The number of ether oxygens (including phenoxy) is 1. The van der Waals surface area contributed by atoms with E-state index in [-0.39, 0.29) is 18.0 Å². The summed E-state index contributed by atoms with van der Waals surface area (Å²) < 4.78 is 21.5. The van der Waals surface area contributed by atoms with E-state index in [1.807, 2.05) is 27.8 Å². The van der Waals surface area contributed by atoms with Crippen molar-refractivity contribution in [1.29, 1.82) is 0 Å². The number of nitrogens with one attached hydrogen (secondary N) is 1. The van der Waals surface area contributed by atoms with Gasteiger partial charge >= 0.3 is 0 Å². The maximum absolute atomic E-state index is 13.6. The Morgan fingerprint density at radius 2 is 2.06 bits per heavy atom. The van der Waals surface area contributed by atoms with Gasteiger partial charge in [0.2, 0.25) is 11.5 Å². The van der Waals surface area contributed by atoms with Crippen LogP contribution in [0.15, 0.2) is 65.7 Å². The second-order valence-corrected chi connectivity index (χ2v) is 8.41. The molecule has 33 heavy (non-hydrogen) atoms. The third-order valence-electron chi connectivity index (χ3n) is 5.79. The van der Waals surface area contributed by atoms with Crippen LogP contribution in [0, 0.1) is 5.82 Å². The van der Waals surface area contributed by atoms with Gasteiger partial charge in [0.1, 0.15) is 24.2 Å². The highest BCUT2D eigenvalue weighted by molar-refractivity contribution is 6.32. The average Bonchev–Trinajstić information content (AvgIpc) is 3.08. The molecular formula is C24H20ClFN4O3. The number of aromatic amines is 1. The Bertz CT molecular complexity index is 1430. The number of halogens is 2. The van der Waals surface area contributed by atoms with E-state index in [4.69, 9.17) is 22.1 Å². The summed E-state index contributed by atoms with van der Waals surface area (Å²) in [4.78, 5) is 28.4. The van der Waals surface area contributed by atoms with Crippen LogP contribution in [-0.2, 0) is 17.9 Å². The first kappa shape index (κ1) is 21.2. The molecule has 0 radical (unpaired) electrons. The van der Waals surface area contributed by atoms with Gasteiger partial charge < -0.3 is 20.0 Å². The molecule has 1 atom stereocenters. The monoisotopic (exact) mass is 466 g/mol. The SMILES string of the molecule is NC(=O)C1COc2c(Cl)cc(-n3ccc4cc(F)ccc43)cc2CN1Cc1cc[nH]c(=O)c1. The number of carbonyl (C=O) groups is 1. The molecule has 2 aromatic heterocycles. The zero-order valence-corrected chi connectivity index (χ0v) is 18.2. The second kappa shape index (κ2) is 8.38. The summed E-state index contributed by atoms with van der Waals surface area (Å²) in [6.45, 7) is 0.696. The third-order valence-corrected chi connectivity index (χ3v) is 6.07. The van der Waals surface area contributed by atoms with Crippen molar-refractivity contribution in [1.82, 2.24) is 14.5 Å². The van der Waals surface area contributed by atoms with Gasteiger partial charge in [-0.3, -0.25) is 14.5 Å². The zero-order chi connectivity index (χ0) is 23.1. The molecule has 3 heterocycles. The molecule has 0 aliphatic carbocycles. The first-order chi connectivity index (χ1) is 15.9. The summed E-state index contributed by atoms with van der Waals surface area (Å²) >= 11 is 6.59. The number of nitrogens with two attached hydrogens (primary N) is 1. The van der Waals surface area contributed by atoms with Gasteiger partial charge in [-0.25, -0.2) is 4.39 Å². The number of rotatable bonds is 4. The molecule has 0 saturated heterocycles. The van der Waals surface area contributed by atoms with Crippen molar-refractivity contribution < 1.29 is 13.9 Å². The minimum atomic E-state index is -0.702. The molecule has 3 N–H and O–H groups in total. The van der Waals surface area contributed by atoms with E-state index in [2.05, 4.69) is 4.98 Å². The van der Waals surface area contributed by atoms with Gasteiger partial charge in [0.25, 0.3) is 0 Å². The summed E-state index contributed by atoms with van der Waals surface area (Å²) in [7, 11) is 0. The summed E-state index contributed by atoms with van der Waals surface area (Å²) in [5.74, 6) is -0.341. The smallest absolute Gasteiger partial charge is 0.248 e. The standard InChI is InChI=1S/C24H20ClFN4O3/c25-19-10-18(30-6-4-15-8-17(26)1-2-20(15)30)9-16-12-29(11-14-3-5-28-22(31)7-14)21(24(27)32)13-33-23(16)19/h1-10,21H,11-13H2,(H2,27,32)(H,28,31). The van der Waals surface area contributed by atoms with Crippen molar-refractivity contribution in [3.63, 3.8) is 0 Å². The van der Waals surface area contributed by atoms with Gasteiger partial charge in [-0.1, -0.05) is 11.6 Å². The average molecular weight is 467 g/mol. The molecule has 0 spiro atoms. The highest BCUT2D eigenvalue weighted by Gasteiger charge is 2.30. The molecule has 5 rings (SSSR count). The molecule has 7 nitrogen and oxygen atoms in total. The predicted molar refractivity (Wildman–Crippen MR) is 123 cm³/mol. The first-order valence-corrected chi connectivity index (χ1v) is 10.7. The Hall–Kier alpha value is -3.62. The number of fused-ring (bicyclic) bond motifs is 2. The molecule has 0 bridgehead atoms. The van der Waals surface area contributed by atoms with Gasteiger partial charge in [-0.2, -0.15) is 0 Å². The maximum atomic E-state index is 13.6. The van der Waals surface area contributed by atoms with Crippen LogP contribution in [0.5, 0.6) is 5.75 Å². The molecule has 0 fully saturated rings. The van der Waals surface area contributed by atoms with E-state index in [0.29, 0.717) is 23.9 Å². The quantitative estimate of drug-likeness (QED) is 0.482. The lowest BCUT2D eigenvalue weighted by Crippen LogP contribution is -2.46. The number of carbonyl (C=O) groups excluding carboxylic acids is 1. The molecule has 9 heteroatoms. The zero-order valence-electron chi connectivity index (χ0n) is 17.4. The minimum Gasteiger partial charge on any atom is -0.489 e. The number of pyridine rings is 1. The lowest BCUT2D eigenvalue weighted by Gasteiger charge is -2.26. The van der Waals surface area contributed by atoms with Gasteiger partial charge in [-0.05, 0) is 48.0 Å². The van der Waals surface area contributed by atoms with Crippen LogP contribution in [0.2, 0.25) is 5.02 Å². The first-order valence-electron chi connectivity index (χ1n) is 10.3. The molecular weight excluding hydrogens is 447 g/mol. The van der Waals surface area contributed by atoms with Crippen LogP contribution in [0.3, 0.4) is 0 Å². The molecule has 2 aromatic carbocycles. The Morgan fingerprint density at radius 3 is 2.85 bits per heavy atom. The van der Waals surface area contributed by atoms with Crippen LogP contribution in [-0.4, -0.2) is 33.0 Å². The molecule has 1 amide bonds. The van der Waals surface area contributed by atoms with E-state index < -0.39 is 11.9 Å². The van der Waals surface area contributed by atoms with E-state index >= 15 is 0 Å². The Kier molecular flexibility index (Phi) is 5.39. The van der Waals surface area contributed by atoms with Gasteiger partial charge in [0.15, 0.2) is 0 Å². The van der Waals surface area contributed by atoms with E-state index in [0.717, 1.165) is 27.7 Å². The fraction of sp³-hybridized carbons (Fsp3) is 0.167. The van der Waals surface area contributed by atoms with Crippen LogP contribution in [0.4, 0.5) is 4.39 Å². The third kappa shape index (κ3) is 4.10. The van der Waals surface area contributed by atoms with Crippen molar-refractivity contribution in [3.05, 3.63) is 93.2 Å². The number of primary amides is 1. The van der Waals surface area contributed by atoms with Crippen LogP contribution in [0.25, 0.3) is 16.6 Å². The number of nitrogens with zero attached hydrogens (tertiary/aromatic N) is 2. The maximum Gasteiger partial charge on any atom is 0.248 e. The van der Waals surface area contributed by atoms with Gasteiger partial charge in [0.05, 0.1) is 10.5 Å². The fourth-order valence-corrected chi connectivity index (χ4v) is 4.53. The largest absolute Gasteiger partial charge is 0.489 e. The Labute approximate surface area is 193 Å². The van der Waals surface area contributed by atoms with Gasteiger partial charge in [-0.15, -0.1) is 0 Å². The molecule has 4 aromatic rings. The molecule has 0 saturated carbocycles. The normalized spacial score (nSPS) is 16.2. The fourth-order valence-electron chi connectivity index (χ4n) is 4.24. The topological polar surface area (TPSA) is 93.3 Å². The number of hydrogen-bond acceptors (Lipinski definition) is 4. The molecule has 1 unspecified atom stereocenters. The number of amides is 1. The lowest BCUT2D eigenvalue weighted by atomic mass is 10.1. The van der Waals surface area contributed by atoms with Crippen LogP contribution < -0.4 is 16.0 Å². The summed E-state index contributed by atoms with van der Waals surface area (Å²) in [5.41, 5.74) is 8.57. The number of aromatic nitrogens is 2. The van der Waals surface area contributed by atoms with Crippen molar-refractivity contribution >= 4 is 28.4 Å². The van der Waals surface area contributed by atoms with Crippen LogP contribution >= 0.6 is 11.6 Å². The van der Waals surface area contributed by atoms with Gasteiger partial charge in [0, 0.05) is 48.2 Å². The van der Waals surface area contributed by atoms with E-state index in [1.165, 1.54) is 18.2 Å².